The van der Waals surface area contributed by atoms with Crippen molar-refractivity contribution < 1.29 is 14.4 Å². The van der Waals surface area contributed by atoms with Crippen molar-refractivity contribution in [3.63, 3.8) is 0 Å². The highest BCUT2D eigenvalue weighted by molar-refractivity contribution is 5.91. The summed E-state index contributed by atoms with van der Waals surface area (Å²) in [6, 6.07) is 17.1. The molecular weight excluding hydrogens is 578 g/mol. The summed E-state index contributed by atoms with van der Waals surface area (Å²) in [5.41, 5.74) is 8.17. The fourth-order valence-electron chi connectivity index (χ4n) is 5.08. The van der Waals surface area contributed by atoms with Crippen LogP contribution < -0.4 is 31.9 Å². The van der Waals surface area contributed by atoms with Gasteiger partial charge in [-0.1, -0.05) is 53.1 Å². The molecule has 3 aromatic rings. The van der Waals surface area contributed by atoms with E-state index in [-0.39, 0.29) is 36.2 Å². The Labute approximate surface area is 274 Å². The molecule has 10 heteroatoms. The minimum atomic E-state index is -0.269. The first-order valence-corrected chi connectivity index (χ1v) is 15.9. The van der Waals surface area contributed by atoms with Gasteiger partial charge in [0.2, 0.25) is 0 Å². The molecule has 0 saturated carbocycles. The lowest BCUT2D eigenvalue weighted by atomic mass is 10.0. The van der Waals surface area contributed by atoms with Gasteiger partial charge in [0.05, 0.1) is 0 Å². The molecule has 248 valence electrons. The first-order chi connectivity index (χ1) is 21.7. The average molecular weight is 630 g/mol. The van der Waals surface area contributed by atoms with Gasteiger partial charge in [-0.3, -0.25) is 4.90 Å². The van der Waals surface area contributed by atoms with E-state index in [0.29, 0.717) is 36.7 Å². The molecule has 0 saturated heterocycles. The third-order valence-corrected chi connectivity index (χ3v) is 6.97. The van der Waals surface area contributed by atoms with E-state index < -0.39 is 0 Å². The number of carbonyl (C=O) groups excluding carboxylic acids is 3. The van der Waals surface area contributed by atoms with Crippen LogP contribution in [0, 0.1) is 20.8 Å². The molecule has 0 aliphatic heterocycles. The maximum atomic E-state index is 12.7. The Morgan fingerprint density at radius 2 is 0.761 bits per heavy atom. The average Bonchev–Trinajstić information content (AvgIpc) is 2.92. The first kappa shape index (κ1) is 35.9. The number of urea groups is 3. The van der Waals surface area contributed by atoms with Crippen LogP contribution in [0.4, 0.5) is 31.4 Å². The van der Waals surface area contributed by atoms with Gasteiger partial charge < -0.3 is 31.9 Å². The van der Waals surface area contributed by atoms with E-state index in [2.05, 4.69) is 55.0 Å². The van der Waals surface area contributed by atoms with Gasteiger partial charge in [0, 0.05) is 54.8 Å². The highest BCUT2D eigenvalue weighted by atomic mass is 16.2. The highest BCUT2D eigenvalue weighted by Gasteiger charge is 2.18. The zero-order valence-corrected chi connectivity index (χ0v) is 28.7. The topological polar surface area (TPSA) is 127 Å². The van der Waals surface area contributed by atoms with Gasteiger partial charge in [-0.15, -0.1) is 0 Å². The van der Waals surface area contributed by atoms with Crippen molar-refractivity contribution in [3.05, 3.63) is 88.0 Å². The third-order valence-electron chi connectivity index (χ3n) is 6.97. The van der Waals surface area contributed by atoms with Gasteiger partial charge in [0.15, 0.2) is 0 Å². The maximum absolute atomic E-state index is 12.7. The molecular formula is C36H51N7O3. The molecule has 6 amide bonds. The van der Waals surface area contributed by atoms with Gasteiger partial charge >= 0.3 is 18.1 Å². The zero-order chi connectivity index (χ0) is 34.0. The van der Waals surface area contributed by atoms with Crippen LogP contribution in [0.5, 0.6) is 0 Å². The maximum Gasteiger partial charge on any atom is 0.319 e. The van der Waals surface area contributed by atoms with Crippen LogP contribution in [0.15, 0.2) is 54.6 Å². The summed E-state index contributed by atoms with van der Waals surface area (Å²) >= 11 is 0. The normalized spacial score (nSPS) is 11.2. The molecule has 10 nitrogen and oxygen atoms in total. The van der Waals surface area contributed by atoms with Crippen LogP contribution in [0.1, 0.15) is 74.9 Å². The summed E-state index contributed by atoms with van der Waals surface area (Å²) in [5, 5.41) is 17.8. The smallest absolute Gasteiger partial charge is 0.319 e. The second-order valence-corrected chi connectivity index (χ2v) is 12.9. The van der Waals surface area contributed by atoms with E-state index in [9.17, 15) is 14.4 Å². The van der Waals surface area contributed by atoms with Crippen molar-refractivity contribution >= 4 is 35.2 Å². The second kappa shape index (κ2) is 16.7. The van der Waals surface area contributed by atoms with Crippen LogP contribution in [0.2, 0.25) is 0 Å². The highest BCUT2D eigenvalue weighted by Crippen LogP contribution is 2.27. The van der Waals surface area contributed by atoms with Crippen molar-refractivity contribution in [1.29, 1.82) is 0 Å². The van der Waals surface area contributed by atoms with Crippen molar-refractivity contribution in [2.45, 2.75) is 100 Å². The number of amides is 6. The molecule has 46 heavy (non-hydrogen) atoms. The number of anilines is 3. The predicted octanol–water partition coefficient (Wildman–Crippen LogP) is 7.40. The summed E-state index contributed by atoms with van der Waals surface area (Å²) in [4.78, 5) is 40.4. The second-order valence-electron chi connectivity index (χ2n) is 12.9. The van der Waals surface area contributed by atoms with Crippen LogP contribution in [0.25, 0.3) is 0 Å². The lowest BCUT2D eigenvalue weighted by Crippen LogP contribution is -2.35. The van der Waals surface area contributed by atoms with Crippen LogP contribution in [-0.2, 0) is 19.6 Å². The summed E-state index contributed by atoms with van der Waals surface area (Å²) in [6.45, 7) is 19.0. The van der Waals surface area contributed by atoms with E-state index in [4.69, 9.17) is 0 Å². The molecule has 0 heterocycles. The standard InChI is InChI=1S/C36H51N7O3/c1-22(2)37-34(44)40-31-13-10-25(7)16-28(31)19-43(20-29-17-26(8)11-14-32(29)41-35(45)38-23(3)4)21-30-18-27(9)12-15-33(30)42-36(46)39-24(5)6/h10-18,22-24H,19-21H2,1-9H3,(H2,37,40,44)(H2,38,41,45)(H2,39,42,46). The van der Waals surface area contributed by atoms with Gasteiger partial charge in [-0.25, -0.2) is 14.4 Å². The zero-order valence-electron chi connectivity index (χ0n) is 28.7. The number of nitrogens with zero attached hydrogens (tertiary/aromatic N) is 1. The fraction of sp³-hybridized carbons (Fsp3) is 0.417. The molecule has 0 fully saturated rings. The summed E-state index contributed by atoms with van der Waals surface area (Å²) in [7, 11) is 0. The van der Waals surface area contributed by atoms with Crippen LogP contribution >= 0.6 is 0 Å². The Morgan fingerprint density at radius 1 is 0.500 bits per heavy atom. The van der Waals surface area contributed by atoms with E-state index in [1.54, 1.807) is 0 Å². The van der Waals surface area contributed by atoms with Crippen LogP contribution in [0.3, 0.4) is 0 Å². The van der Waals surface area contributed by atoms with Crippen molar-refractivity contribution in [1.82, 2.24) is 20.9 Å². The van der Waals surface area contributed by atoms with Crippen molar-refractivity contribution in [2.75, 3.05) is 16.0 Å². The molecule has 0 aliphatic rings. The number of benzene rings is 3. The molecule has 6 N–H and O–H groups in total. The SMILES string of the molecule is Cc1ccc(NC(=O)NC(C)C)c(CN(Cc2cc(C)ccc2NC(=O)NC(C)C)Cc2cc(C)ccc2NC(=O)NC(C)C)c1. The third kappa shape index (κ3) is 11.7. The Kier molecular flexibility index (Phi) is 13.0. The Hall–Kier alpha value is -4.57. The summed E-state index contributed by atoms with van der Waals surface area (Å²) in [5.74, 6) is 0. The van der Waals surface area contributed by atoms with Crippen molar-refractivity contribution in [2.24, 2.45) is 0 Å². The Morgan fingerprint density at radius 3 is 1.00 bits per heavy atom. The number of aryl methyl sites for hydroxylation is 3. The number of hydrogen-bond donors (Lipinski definition) is 6. The van der Waals surface area contributed by atoms with Crippen molar-refractivity contribution in [3.8, 4) is 0 Å². The number of carbonyl (C=O) groups is 3. The fourth-order valence-corrected chi connectivity index (χ4v) is 5.08. The van der Waals surface area contributed by atoms with Gasteiger partial charge in [-0.05, 0) is 97.2 Å². The Balaban J connectivity index is 2.05. The van der Waals surface area contributed by atoms with Gasteiger partial charge in [-0.2, -0.15) is 0 Å². The quantitative estimate of drug-likeness (QED) is 0.125. The summed E-state index contributed by atoms with van der Waals surface area (Å²) in [6.07, 6.45) is 0. The molecule has 0 aliphatic carbocycles. The molecule has 3 aromatic carbocycles. The minimum absolute atomic E-state index is 0.00864. The number of nitrogens with one attached hydrogen (secondary N) is 6. The van der Waals surface area contributed by atoms with E-state index in [1.165, 1.54) is 0 Å². The van der Waals surface area contributed by atoms with E-state index in [1.807, 2.05) is 98.7 Å². The molecule has 0 aromatic heterocycles. The van der Waals surface area contributed by atoms with Gasteiger partial charge in [0.25, 0.3) is 0 Å². The largest absolute Gasteiger partial charge is 0.336 e. The first-order valence-electron chi connectivity index (χ1n) is 15.9. The monoisotopic (exact) mass is 629 g/mol. The molecule has 0 atom stereocenters. The van der Waals surface area contributed by atoms with E-state index >= 15 is 0 Å². The summed E-state index contributed by atoms with van der Waals surface area (Å²) < 4.78 is 0. The Bertz CT molecular complexity index is 1340. The number of rotatable bonds is 12. The minimum Gasteiger partial charge on any atom is -0.336 e. The molecule has 0 unspecified atom stereocenters. The lowest BCUT2D eigenvalue weighted by Gasteiger charge is -2.27. The lowest BCUT2D eigenvalue weighted by molar-refractivity contribution is 0.246. The molecule has 0 bridgehead atoms. The van der Waals surface area contributed by atoms with E-state index in [0.717, 1.165) is 33.4 Å². The molecule has 0 radical (unpaired) electrons. The molecule has 0 spiro atoms. The van der Waals surface area contributed by atoms with Crippen LogP contribution in [-0.4, -0.2) is 41.1 Å². The predicted molar refractivity (Wildman–Crippen MR) is 188 cm³/mol. The number of hydrogen-bond acceptors (Lipinski definition) is 4. The van der Waals surface area contributed by atoms with Gasteiger partial charge in [0.1, 0.15) is 0 Å². The molecule has 3 rings (SSSR count).